The maximum Gasteiger partial charge on any atom is 0.138 e. The zero-order valence-corrected chi connectivity index (χ0v) is 10.1. The number of rotatable bonds is 3. The number of hydrogen-bond acceptors (Lipinski definition) is 3. The first-order valence-corrected chi connectivity index (χ1v) is 6.00. The fourth-order valence-electron chi connectivity index (χ4n) is 2.69. The van der Waals surface area contributed by atoms with Gasteiger partial charge in [-0.25, -0.2) is 4.98 Å². The first-order valence-electron chi connectivity index (χ1n) is 6.00. The van der Waals surface area contributed by atoms with Crippen LogP contribution in [0.5, 0.6) is 0 Å². The quantitative estimate of drug-likeness (QED) is 0.822. The first kappa shape index (κ1) is 11.6. The van der Waals surface area contributed by atoms with Gasteiger partial charge in [-0.1, -0.05) is 13.3 Å². The van der Waals surface area contributed by atoms with Crippen molar-refractivity contribution in [3.63, 3.8) is 0 Å². The standard InChI is InChI=1S/C12H21N3O/c1-9-4-3-5-12(6-9,16-2)11-14-8-10(7-13)15-11/h8-9H,3-7,13H2,1-2H3,(H,14,15). The lowest BCUT2D eigenvalue weighted by Gasteiger charge is -2.37. The van der Waals surface area contributed by atoms with Crippen molar-refractivity contribution in [2.24, 2.45) is 11.7 Å². The monoisotopic (exact) mass is 223 g/mol. The number of aromatic nitrogens is 2. The minimum atomic E-state index is -0.217. The van der Waals surface area contributed by atoms with Crippen LogP contribution in [-0.2, 0) is 16.9 Å². The first-order chi connectivity index (χ1) is 7.70. The second kappa shape index (κ2) is 4.55. The van der Waals surface area contributed by atoms with Crippen molar-refractivity contribution in [3.8, 4) is 0 Å². The summed E-state index contributed by atoms with van der Waals surface area (Å²) in [6.07, 6.45) is 6.39. The van der Waals surface area contributed by atoms with Gasteiger partial charge in [-0.2, -0.15) is 0 Å². The summed E-state index contributed by atoms with van der Waals surface area (Å²) in [5.74, 6) is 1.64. The van der Waals surface area contributed by atoms with Gasteiger partial charge in [0.15, 0.2) is 0 Å². The van der Waals surface area contributed by atoms with Crippen LogP contribution < -0.4 is 5.73 Å². The molecule has 1 heterocycles. The lowest BCUT2D eigenvalue weighted by Crippen LogP contribution is -2.35. The molecule has 4 nitrogen and oxygen atoms in total. The molecule has 2 unspecified atom stereocenters. The fraction of sp³-hybridized carbons (Fsp3) is 0.750. The Bertz CT molecular complexity index is 350. The van der Waals surface area contributed by atoms with Gasteiger partial charge in [0.05, 0.1) is 0 Å². The smallest absolute Gasteiger partial charge is 0.138 e. The van der Waals surface area contributed by atoms with Crippen molar-refractivity contribution >= 4 is 0 Å². The second-order valence-electron chi connectivity index (χ2n) is 4.86. The van der Waals surface area contributed by atoms with Crippen LogP contribution in [0.3, 0.4) is 0 Å². The molecule has 1 aromatic heterocycles. The summed E-state index contributed by atoms with van der Waals surface area (Å²) in [5, 5.41) is 0. The van der Waals surface area contributed by atoms with Crippen molar-refractivity contribution in [2.45, 2.75) is 44.8 Å². The number of nitrogens with one attached hydrogen (secondary N) is 1. The molecule has 1 aromatic rings. The average Bonchev–Trinajstić information content (AvgIpc) is 2.78. The largest absolute Gasteiger partial charge is 0.370 e. The predicted octanol–water partition coefficient (Wildman–Crippen LogP) is 1.92. The van der Waals surface area contributed by atoms with Gasteiger partial charge in [0, 0.05) is 25.5 Å². The molecule has 1 fully saturated rings. The Balaban J connectivity index is 2.25. The van der Waals surface area contributed by atoms with Crippen molar-refractivity contribution in [1.29, 1.82) is 0 Å². The third-order valence-corrected chi connectivity index (χ3v) is 3.63. The van der Waals surface area contributed by atoms with E-state index in [1.807, 2.05) is 6.20 Å². The maximum atomic E-state index is 5.76. The molecule has 1 aliphatic carbocycles. The van der Waals surface area contributed by atoms with E-state index in [1.54, 1.807) is 7.11 Å². The summed E-state index contributed by atoms with van der Waals surface area (Å²) in [7, 11) is 1.78. The van der Waals surface area contributed by atoms with Gasteiger partial charge >= 0.3 is 0 Å². The summed E-state index contributed by atoms with van der Waals surface area (Å²) in [6, 6.07) is 0. The van der Waals surface area contributed by atoms with Crippen LogP contribution in [0.1, 0.15) is 44.1 Å². The van der Waals surface area contributed by atoms with Gasteiger partial charge in [0.25, 0.3) is 0 Å². The van der Waals surface area contributed by atoms with E-state index in [1.165, 1.54) is 12.8 Å². The van der Waals surface area contributed by atoms with Crippen molar-refractivity contribution in [1.82, 2.24) is 9.97 Å². The highest BCUT2D eigenvalue weighted by Gasteiger charge is 2.39. The Morgan fingerprint density at radius 3 is 3.06 bits per heavy atom. The van der Waals surface area contributed by atoms with E-state index in [4.69, 9.17) is 10.5 Å². The van der Waals surface area contributed by atoms with E-state index in [0.29, 0.717) is 12.5 Å². The summed E-state index contributed by atoms with van der Waals surface area (Å²) < 4.78 is 5.76. The molecular weight excluding hydrogens is 202 g/mol. The Labute approximate surface area is 96.6 Å². The molecule has 0 bridgehead atoms. The molecule has 3 N–H and O–H groups in total. The molecule has 0 saturated heterocycles. The van der Waals surface area contributed by atoms with E-state index in [9.17, 15) is 0 Å². The molecule has 4 heteroatoms. The molecule has 0 aromatic carbocycles. The fourth-order valence-corrected chi connectivity index (χ4v) is 2.69. The van der Waals surface area contributed by atoms with Crippen molar-refractivity contribution in [3.05, 3.63) is 17.7 Å². The molecule has 2 rings (SSSR count). The normalized spacial score (nSPS) is 30.6. The zero-order valence-electron chi connectivity index (χ0n) is 10.1. The second-order valence-corrected chi connectivity index (χ2v) is 4.86. The molecule has 90 valence electrons. The molecule has 16 heavy (non-hydrogen) atoms. The van der Waals surface area contributed by atoms with E-state index in [0.717, 1.165) is 24.4 Å². The van der Waals surface area contributed by atoms with Crippen LogP contribution >= 0.6 is 0 Å². The third-order valence-electron chi connectivity index (χ3n) is 3.63. The van der Waals surface area contributed by atoms with E-state index < -0.39 is 0 Å². The number of nitrogens with zero attached hydrogens (tertiary/aromatic N) is 1. The molecule has 1 saturated carbocycles. The van der Waals surface area contributed by atoms with Crippen molar-refractivity contribution < 1.29 is 4.74 Å². The lowest BCUT2D eigenvalue weighted by atomic mass is 9.78. The Hall–Kier alpha value is -0.870. The SMILES string of the molecule is COC1(c2ncc(CN)[nH]2)CCCC(C)C1. The Kier molecular flexibility index (Phi) is 3.30. The highest BCUT2D eigenvalue weighted by atomic mass is 16.5. The molecule has 1 aliphatic rings. The average molecular weight is 223 g/mol. The number of hydrogen-bond donors (Lipinski definition) is 2. The van der Waals surface area contributed by atoms with E-state index >= 15 is 0 Å². The third kappa shape index (κ3) is 1.99. The van der Waals surface area contributed by atoms with Gasteiger partial charge in [-0.3, -0.25) is 0 Å². The predicted molar refractivity (Wildman–Crippen MR) is 62.8 cm³/mol. The Morgan fingerprint density at radius 1 is 1.69 bits per heavy atom. The van der Waals surface area contributed by atoms with Gasteiger partial charge < -0.3 is 15.5 Å². The van der Waals surface area contributed by atoms with Crippen LogP contribution in [0.15, 0.2) is 6.20 Å². The summed E-state index contributed by atoms with van der Waals surface area (Å²) in [4.78, 5) is 7.71. The van der Waals surface area contributed by atoms with E-state index in [2.05, 4.69) is 16.9 Å². The van der Waals surface area contributed by atoms with Crippen LogP contribution in [0.4, 0.5) is 0 Å². The number of imidazole rings is 1. The van der Waals surface area contributed by atoms with Crippen LogP contribution in [0.25, 0.3) is 0 Å². The van der Waals surface area contributed by atoms with Crippen LogP contribution in [0.2, 0.25) is 0 Å². The topological polar surface area (TPSA) is 63.9 Å². The molecule has 0 radical (unpaired) electrons. The number of methoxy groups -OCH3 is 1. The molecule has 0 aliphatic heterocycles. The van der Waals surface area contributed by atoms with Gasteiger partial charge in [-0.15, -0.1) is 0 Å². The molecule has 0 spiro atoms. The molecule has 0 amide bonds. The van der Waals surface area contributed by atoms with E-state index in [-0.39, 0.29) is 5.60 Å². The Morgan fingerprint density at radius 2 is 2.50 bits per heavy atom. The summed E-state index contributed by atoms with van der Waals surface area (Å²) >= 11 is 0. The summed E-state index contributed by atoms with van der Waals surface area (Å²) in [6.45, 7) is 2.78. The number of nitrogens with two attached hydrogens (primary N) is 1. The minimum Gasteiger partial charge on any atom is -0.370 e. The highest BCUT2D eigenvalue weighted by molar-refractivity contribution is 5.10. The van der Waals surface area contributed by atoms with Crippen LogP contribution in [-0.4, -0.2) is 17.1 Å². The lowest BCUT2D eigenvalue weighted by molar-refractivity contribution is -0.0641. The van der Waals surface area contributed by atoms with Crippen molar-refractivity contribution in [2.75, 3.05) is 7.11 Å². The summed E-state index contributed by atoms with van der Waals surface area (Å²) in [5.41, 5.74) is 6.35. The van der Waals surface area contributed by atoms with Gasteiger partial charge in [0.2, 0.25) is 0 Å². The zero-order chi connectivity index (χ0) is 11.6. The molecular formula is C12H21N3O. The minimum absolute atomic E-state index is 0.217. The van der Waals surface area contributed by atoms with Crippen LogP contribution in [0, 0.1) is 5.92 Å². The molecule has 2 atom stereocenters. The van der Waals surface area contributed by atoms with Gasteiger partial charge in [-0.05, 0) is 25.2 Å². The number of H-pyrrole nitrogens is 1. The highest BCUT2D eigenvalue weighted by Crippen LogP contribution is 2.41. The number of aromatic amines is 1. The maximum absolute atomic E-state index is 5.76. The van der Waals surface area contributed by atoms with Gasteiger partial charge in [0.1, 0.15) is 11.4 Å². The number of ether oxygens (including phenoxy) is 1.